The van der Waals surface area contributed by atoms with E-state index in [1.165, 1.54) is 29.5 Å². The average Bonchev–Trinajstić information content (AvgIpc) is 3.75. The largest absolute Gasteiger partial charge is 0.508 e. The third-order valence-corrected chi connectivity index (χ3v) is 11.2. The molecular weight excluding hydrogens is 635 g/mol. The molecule has 3 aromatic carbocycles. The molecule has 3 aromatic rings. The average molecular weight is 686 g/mol. The number of hydrogen-bond acceptors (Lipinski definition) is 5. The van der Waals surface area contributed by atoms with E-state index in [1.807, 2.05) is 24.3 Å². The Bertz CT molecular complexity index is 1500. The second-order valence-corrected chi connectivity index (χ2v) is 15.1. The van der Waals surface area contributed by atoms with E-state index >= 15 is 0 Å². The molecule has 9 heteroatoms. The van der Waals surface area contributed by atoms with Crippen molar-refractivity contribution in [3.8, 4) is 11.5 Å². The summed E-state index contributed by atoms with van der Waals surface area (Å²) in [4.78, 5) is 10.2. The van der Waals surface area contributed by atoms with E-state index in [4.69, 9.17) is 24.4 Å². The van der Waals surface area contributed by atoms with Crippen molar-refractivity contribution >= 4 is 34.7 Å². The van der Waals surface area contributed by atoms with Gasteiger partial charge < -0.3 is 30.2 Å². The van der Waals surface area contributed by atoms with Gasteiger partial charge in [0.1, 0.15) is 11.5 Å². The second kappa shape index (κ2) is 15.9. The summed E-state index contributed by atoms with van der Waals surface area (Å²) in [5.41, 5.74) is 3.78. The summed E-state index contributed by atoms with van der Waals surface area (Å²) in [6.45, 7) is 10.4. The molecule has 0 spiro atoms. The van der Waals surface area contributed by atoms with Gasteiger partial charge in [0.15, 0.2) is 10.2 Å². The molecule has 0 saturated carbocycles. The van der Waals surface area contributed by atoms with E-state index in [0.29, 0.717) is 35.5 Å². The molecule has 0 bridgehead atoms. The Balaban J connectivity index is 1.16. The number of phenols is 2. The minimum Gasteiger partial charge on any atom is -0.508 e. The summed E-state index contributed by atoms with van der Waals surface area (Å²) in [5, 5.41) is 25.0. The van der Waals surface area contributed by atoms with Gasteiger partial charge in [-0.1, -0.05) is 68.4 Å². The molecule has 6 rings (SSSR count). The van der Waals surface area contributed by atoms with Crippen LogP contribution in [0.15, 0.2) is 78.9 Å². The van der Waals surface area contributed by atoms with Crippen LogP contribution < -0.4 is 5.32 Å². The summed E-state index contributed by atoms with van der Waals surface area (Å²) in [6, 6.07) is 27.3. The van der Waals surface area contributed by atoms with Gasteiger partial charge in [0, 0.05) is 44.8 Å². The normalized spacial score (nSPS) is 22.2. The zero-order chi connectivity index (χ0) is 33.6. The van der Waals surface area contributed by atoms with Gasteiger partial charge in [0.05, 0.1) is 12.1 Å². The van der Waals surface area contributed by atoms with E-state index in [0.717, 1.165) is 75.2 Å². The van der Waals surface area contributed by atoms with Crippen LogP contribution >= 0.6 is 24.4 Å². The van der Waals surface area contributed by atoms with Crippen molar-refractivity contribution in [1.82, 2.24) is 24.9 Å². The summed E-state index contributed by atoms with van der Waals surface area (Å²) in [5.74, 6) is 1.16. The van der Waals surface area contributed by atoms with Crippen molar-refractivity contribution < 1.29 is 10.2 Å². The van der Waals surface area contributed by atoms with Gasteiger partial charge >= 0.3 is 0 Å². The minimum absolute atomic E-state index is 0.281. The van der Waals surface area contributed by atoms with Gasteiger partial charge in [0.2, 0.25) is 0 Å². The van der Waals surface area contributed by atoms with Crippen molar-refractivity contribution in [3.05, 3.63) is 95.6 Å². The fraction of sp³-hybridized carbons (Fsp3) is 0.487. The summed E-state index contributed by atoms with van der Waals surface area (Å²) in [7, 11) is 0. The molecule has 0 aromatic heterocycles. The Morgan fingerprint density at radius 3 is 2.08 bits per heavy atom. The molecule has 256 valence electrons. The van der Waals surface area contributed by atoms with E-state index in [9.17, 15) is 10.2 Å². The molecule has 3 saturated heterocycles. The maximum absolute atomic E-state index is 9.91. The number of nitrogens with zero attached hydrogens (tertiary/aromatic N) is 4. The van der Waals surface area contributed by atoms with Crippen LogP contribution in [0.1, 0.15) is 49.8 Å². The number of rotatable bonds is 14. The standard InChI is InChI=1S/C39H51N5O2S2/c1-28(2)21-34(25-41-19-6-9-32(41)26-43-33(24-40-38(43)47)22-30-10-14-36(45)15-11-30)44-27-35(23-31-12-16-37(46)17-13-31)42(39(44)48)20-18-29-7-4-3-5-8-29/h3-5,7-8,10-17,28,32-35,45-46H,6,9,18-27H2,1-2H3,(H,40,47)/t32-,33+,34+,35+/m1/s1. The number of benzene rings is 3. The Morgan fingerprint density at radius 1 is 0.792 bits per heavy atom. The first kappa shape index (κ1) is 34.5. The SMILES string of the molecule is CC(C)C[C@@H](CN1CCC[C@@H]1CN1C(=S)NC[C@@H]1Cc1ccc(O)cc1)N1C[C@H](Cc2ccc(O)cc2)N(CCc2ccccc2)C1=S. The molecule has 4 atom stereocenters. The van der Waals surface area contributed by atoms with Crippen molar-refractivity contribution in [2.24, 2.45) is 5.92 Å². The Morgan fingerprint density at radius 2 is 1.44 bits per heavy atom. The minimum atomic E-state index is 0.281. The van der Waals surface area contributed by atoms with Crippen molar-refractivity contribution in [3.63, 3.8) is 0 Å². The lowest BCUT2D eigenvalue weighted by Gasteiger charge is -2.38. The zero-order valence-electron chi connectivity index (χ0n) is 28.4. The van der Waals surface area contributed by atoms with E-state index in [2.05, 4.69) is 69.1 Å². The van der Waals surface area contributed by atoms with Gasteiger partial charge in [0.25, 0.3) is 0 Å². The first-order valence-corrected chi connectivity index (χ1v) is 18.5. The van der Waals surface area contributed by atoms with Crippen LogP contribution in [-0.4, -0.2) is 103 Å². The molecule has 3 aliphatic rings. The zero-order valence-corrected chi connectivity index (χ0v) is 30.0. The molecule has 0 aliphatic carbocycles. The lowest BCUT2D eigenvalue weighted by molar-refractivity contribution is 0.149. The van der Waals surface area contributed by atoms with Gasteiger partial charge in [-0.15, -0.1) is 0 Å². The summed E-state index contributed by atoms with van der Waals surface area (Å²) < 4.78 is 0. The van der Waals surface area contributed by atoms with Crippen LogP contribution in [0.4, 0.5) is 0 Å². The first-order valence-electron chi connectivity index (χ1n) is 17.7. The molecule has 3 fully saturated rings. The van der Waals surface area contributed by atoms with E-state index in [1.54, 1.807) is 24.3 Å². The highest BCUT2D eigenvalue weighted by Crippen LogP contribution is 2.29. The lowest BCUT2D eigenvalue weighted by atomic mass is 10.0. The van der Waals surface area contributed by atoms with Crippen LogP contribution in [0.5, 0.6) is 11.5 Å². The molecule has 7 nitrogen and oxygen atoms in total. The molecule has 3 N–H and O–H groups in total. The van der Waals surface area contributed by atoms with Crippen LogP contribution in [-0.2, 0) is 19.3 Å². The smallest absolute Gasteiger partial charge is 0.172 e. The predicted molar refractivity (Wildman–Crippen MR) is 202 cm³/mol. The molecule has 0 amide bonds. The van der Waals surface area contributed by atoms with Crippen LogP contribution in [0.25, 0.3) is 0 Å². The number of likely N-dealkylation sites (tertiary alicyclic amines) is 1. The molecule has 0 unspecified atom stereocenters. The third kappa shape index (κ3) is 8.60. The number of phenolic OH excluding ortho intramolecular Hbond substituents is 2. The van der Waals surface area contributed by atoms with Gasteiger partial charge in [-0.25, -0.2) is 0 Å². The summed E-state index contributed by atoms with van der Waals surface area (Å²) >= 11 is 12.2. The first-order chi connectivity index (χ1) is 23.2. The fourth-order valence-electron chi connectivity index (χ4n) is 7.87. The lowest BCUT2D eigenvalue weighted by Crippen LogP contribution is -2.51. The predicted octanol–water partition coefficient (Wildman–Crippen LogP) is 5.83. The topological polar surface area (TPSA) is 65.4 Å². The maximum Gasteiger partial charge on any atom is 0.172 e. The van der Waals surface area contributed by atoms with Crippen LogP contribution in [0.3, 0.4) is 0 Å². The highest BCUT2D eigenvalue weighted by Gasteiger charge is 2.40. The van der Waals surface area contributed by atoms with Gasteiger partial charge in [-0.05, 0) is 116 Å². The van der Waals surface area contributed by atoms with Crippen molar-refractivity contribution in [2.75, 3.05) is 39.3 Å². The summed E-state index contributed by atoms with van der Waals surface area (Å²) in [6.07, 6.45) is 6.23. The Labute approximate surface area is 297 Å². The highest BCUT2D eigenvalue weighted by atomic mass is 32.1. The fourth-order valence-corrected chi connectivity index (χ4v) is 8.64. The quantitative estimate of drug-likeness (QED) is 0.182. The number of thiocarbonyl (C=S) groups is 2. The molecule has 3 aliphatic heterocycles. The van der Waals surface area contributed by atoms with Gasteiger partial charge in [-0.3, -0.25) is 4.90 Å². The van der Waals surface area contributed by atoms with Gasteiger partial charge in [-0.2, -0.15) is 0 Å². The molecule has 0 radical (unpaired) electrons. The Kier molecular flexibility index (Phi) is 11.4. The number of hydrogen-bond donors (Lipinski definition) is 3. The van der Waals surface area contributed by atoms with Crippen LogP contribution in [0, 0.1) is 5.92 Å². The third-order valence-electron chi connectivity index (χ3n) is 10.4. The van der Waals surface area contributed by atoms with Crippen molar-refractivity contribution in [1.29, 1.82) is 0 Å². The highest BCUT2D eigenvalue weighted by molar-refractivity contribution is 7.80. The number of aromatic hydroxyl groups is 2. The maximum atomic E-state index is 9.91. The van der Waals surface area contributed by atoms with E-state index < -0.39 is 0 Å². The molecular formula is C39H51N5O2S2. The van der Waals surface area contributed by atoms with Crippen molar-refractivity contribution in [2.45, 2.75) is 76.5 Å². The monoisotopic (exact) mass is 685 g/mol. The molecule has 48 heavy (non-hydrogen) atoms. The van der Waals surface area contributed by atoms with Crippen LogP contribution in [0.2, 0.25) is 0 Å². The second-order valence-electron chi connectivity index (χ2n) is 14.3. The molecule has 3 heterocycles. The van der Waals surface area contributed by atoms with E-state index in [-0.39, 0.29) is 6.04 Å². The number of nitrogens with one attached hydrogen (secondary N) is 1. The Hall–Kier alpha value is -3.40.